The van der Waals surface area contributed by atoms with Gasteiger partial charge in [0.2, 0.25) is 0 Å². The monoisotopic (exact) mass is 329 g/mol. The fourth-order valence-electron chi connectivity index (χ4n) is 2.35. The van der Waals surface area contributed by atoms with E-state index in [1.165, 1.54) is 12.1 Å². The molecule has 2 aromatic carbocycles. The lowest BCUT2D eigenvalue weighted by Gasteiger charge is -2.25. The summed E-state index contributed by atoms with van der Waals surface area (Å²) in [6.07, 6.45) is 0. The highest BCUT2D eigenvalue weighted by Crippen LogP contribution is 2.12. The van der Waals surface area contributed by atoms with Gasteiger partial charge in [0.15, 0.2) is 0 Å². The van der Waals surface area contributed by atoms with Crippen molar-refractivity contribution in [3.8, 4) is 0 Å². The Labute approximate surface area is 142 Å². The van der Waals surface area contributed by atoms with Crippen molar-refractivity contribution in [2.75, 3.05) is 27.2 Å². The van der Waals surface area contributed by atoms with Gasteiger partial charge in [0.25, 0.3) is 5.91 Å². The normalized spacial score (nSPS) is 10.9. The Morgan fingerprint density at radius 3 is 2.08 bits per heavy atom. The highest BCUT2D eigenvalue weighted by Gasteiger charge is 2.16. The fourth-order valence-corrected chi connectivity index (χ4v) is 2.35. The van der Waals surface area contributed by atoms with Crippen LogP contribution in [0.5, 0.6) is 0 Å². The van der Waals surface area contributed by atoms with E-state index in [0.717, 1.165) is 17.7 Å². The van der Waals surface area contributed by atoms with Gasteiger partial charge in [-0.1, -0.05) is 24.3 Å². The van der Waals surface area contributed by atoms with Gasteiger partial charge in [-0.15, -0.1) is 0 Å². The summed E-state index contributed by atoms with van der Waals surface area (Å²) in [6, 6.07) is 13.6. The standard InChI is InChI=1S/C19H24FN3O/c1-22(2)11-12-23(14-16-5-9-18(20)10-6-16)19(24)17-7-3-15(13-21)4-8-17/h3-10H,11-14,21H2,1-2H3. The third kappa shape index (κ3) is 5.15. The molecule has 2 N–H and O–H groups in total. The van der Waals surface area contributed by atoms with Crippen molar-refractivity contribution in [1.29, 1.82) is 0 Å². The zero-order valence-electron chi connectivity index (χ0n) is 14.2. The molecule has 0 bridgehead atoms. The van der Waals surface area contributed by atoms with E-state index in [1.54, 1.807) is 29.2 Å². The minimum atomic E-state index is -0.276. The smallest absolute Gasteiger partial charge is 0.254 e. The number of hydrogen-bond acceptors (Lipinski definition) is 3. The molecule has 0 heterocycles. The molecule has 0 radical (unpaired) electrons. The lowest BCUT2D eigenvalue weighted by molar-refractivity contribution is 0.0732. The molecule has 0 aliphatic rings. The first-order valence-corrected chi connectivity index (χ1v) is 7.97. The first-order valence-electron chi connectivity index (χ1n) is 7.97. The maximum Gasteiger partial charge on any atom is 0.254 e. The Morgan fingerprint density at radius 1 is 0.958 bits per heavy atom. The molecule has 0 aliphatic carbocycles. The predicted molar refractivity (Wildman–Crippen MR) is 94.0 cm³/mol. The molecular formula is C19H24FN3O. The van der Waals surface area contributed by atoms with Crippen LogP contribution in [0.1, 0.15) is 21.5 Å². The number of amides is 1. The highest BCUT2D eigenvalue weighted by molar-refractivity contribution is 5.94. The number of nitrogens with zero attached hydrogens (tertiary/aromatic N) is 2. The van der Waals surface area contributed by atoms with E-state index in [-0.39, 0.29) is 11.7 Å². The number of rotatable bonds is 7. The summed E-state index contributed by atoms with van der Waals surface area (Å²) in [7, 11) is 3.94. The van der Waals surface area contributed by atoms with E-state index >= 15 is 0 Å². The summed E-state index contributed by atoms with van der Waals surface area (Å²) >= 11 is 0. The van der Waals surface area contributed by atoms with Crippen molar-refractivity contribution in [3.05, 3.63) is 71.0 Å². The van der Waals surface area contributed by atoms with E-state index in [0.29, 0.717) is 25.2 Å². The summed E-state index contributed by atoms with van der Waals surface area (Å²) in [6.45, 7) is 2.26. The van der Waals surface area contributed by atoms with E-state index in [2.05, 4.69) is 0 Å². The second-order valence-corrected chi connectivity index (χ2v) is 6.06. The average molecular weight is 329 g/mol. The number of likely N-dealkylation sites (N-methyl/N-ethyl adjacent to an activating group) is 1. The predicted octanol–water partition coefficient (Wildman–Crippen LogP) is 2.49. The van der Waals surface area contributed by atoms with Gasteiger partial charge < -0.3 is 15.5 Å². The Kier molecular flexibility index (Phi) is 6.46. The summed E-state index contributed by atoms with van der Waals surface area (Å²) < 4.78 is 13.1. The molecule has 2 aromatic rings. The van der Waals surface area contributed by atoms with Gasteiger partial charge in [0, 0.05) is 31.7 Å². The number of hydrogen-bond donors (Lipinski definition) is 1. The third-order valence-electron chi connectivity index (χ3n) is 3.83. The van der Waals surface area contributed by atoms with Crippen LogP contribution in [-0.4, -0.2) is 42.9 Å². The van der Waals surface area contributed by atoms with Crippen LogP contribution in [-0.2, 0) is 13.1 Å². The van der Waals surface area contributed by atoms with E-state index in [9.17, 15) is 9.18 Å². The Hall–Kier alpha value is -2.24. The molecule has 128 valence electrons. The number of carbonyl (C=O) groups is 1. The first kappa shape index (κ1) is 18.1. The molecule has 2 rings (SSSR count). The molecule has 5 heteroatoms. The van der Waals surface area contributed by atoms with Gasteiger partial charge >= 0.3 is 0 Å². The fraction of sp³-hybridized carbons (Fsp3) is 0.316. The van der Waals surface area contributed by atoms with Crippen LogP contribution in [0.25, 0.3) is 0 Å². The Morgan fingerprint density at radius 2 is 1.54 bits per heavy atom. The van der Waals surface area contributed by atoms with Crippen molar-refractivity contribution in [2.24, 2.45) is 5.73 Å². The van der Waals surface area contributed by atoms with Crippen LogP contribution in [0.4, 0.5) is 4.39 Å². The van der Waals surface area contributed by atoms with Crippen molar-refractivity contribution >= 4 is 5.91 Å². The minimum Gasteiger partial charge on any atom is -0.333 e. The van der Waals surface area contributed by atoms with Gasteiger partial charge in [0.1, 0.15) is 5.82 Å². The molecule has 0 atom stereocenters. The lowest BCUT2D eigenvalue weighted by Crippen LogP contribution is -2.36. The molecule has 0 unspecified atom stereocenters. The molecule has 4 nitrogen and oxygen atoms in total. The molecule has 0 fully saturated rings. The Balaban J connectivity index is 2.16. The molecule has 0 spiro atoms. The summed E-state index contributed by atoms with van der Waals surface area (Å²) in [5.41, 5.74) is 8.13. The van der Waals surface area contributed by atoms with Gasteiger partial charge in [-0.3, -0.25) is 4.79 Å². The average Bonchev–Trinajstić information content (AvgIpc) is 2.59. The van der Waals surface area contributed by atoms with Crippen LogP contribution in [0.2, 0.25) is 0 Å². The van der Waals surface area contributed by atoms with Crippen molar-refractivity contribution in [3.63, 3.8) is 0 Å². The summed E-state index contributed by atoms with van der Waals surface area (Å²) in [5.74, 6) is -0.313. The van der Waals surface area contributed by atoms with E-state index < -0.39 is 0 Å². The zero-order valence-corrected chi connectivity index (χ0v) is 14.2. The van der Waals surface area contributed by atoms with Gasteiger partial charge in [-0.25, -0.2) is 4.39 Å². The zero-order chi connectivity index (χ0) is 17.5. The second-order valence-electron chi connectivity index (χ2n) is 6.06. The van der Waals surface area contributed by atoms with E-state index in [4.69, 9.17) is 5.73 Å². The number of benzene rings is 2. The largest absolute Gasteiger partial charge is 0.333 e. The van der Waals surface area contributed by atoms with Gasteiger partial charge in [-0.2, -0.15) is 0 Å². The van der Waals surface area contributed by atoms with Crippen molar-refractivity contribution in [1.82, 2.24) is 9.80 Å². The number of nitrogens with two attached hydrogens (primary N) is 1. The highest BCUT2D eigenvalue weighted by atomic mass is 19.1. The molecule has 0 saturated heterocycles. The van der Waals surface area contributed by atoms with Crippen molar-refractivity contribution < 1.29 is 9.18 Å². The molecule has 1 amide bonds. The van der Waals surface area contributed by atoms with Crippen LogP contribution in [0.15, 0.2) is 48.5 Å². The number of carbonyl (C=O) groups excluding carboxylic acids is 1. The van der Waals surface area contributed by atoms with Crippen molar-refractivity contribution in [2.45, 2.75) is 13.1 Å². The first-order chi connectivity index (χ1) is 11.5. The van der Waals surface area contributed by atoms with Gasteiger partial charge in [0.05, 0.1) is 0 Å². The maximum absolute atomic E-state index is 13.1. The second kappa shape index (κ2) is 8.57. The summed E-state index contributed by atoms with van der Waals surface area (Å²) in [4.78, 5) is 16.6. The topological polar surface area (TPSA) is 49.6 Å². The van der Waals surface area contributed by atoms with Gasteiger partial charge in [-0.05, 0) is 49.5 Å². The van der Waals surface area contributed by atoms with Crippen LogP contribution < -0.4 is 5.73 Å². The molecular weight excluding hydrogens is 305 g/mol. The SMILES string of the molecule is CN(C)CCN(Cc1ccc(F)cc1)C(=O)c1ccc(CN)cc1. The Bertz CT molecular complexity index is 653. The molecule has 0 aromatic heterocycles. The van der Waals surface area contributed by atoms with Crippen LogP contribution in [0.3, 0.4) is 0 Å². The van der Waals surface area contributed by atoms with Crippen LogP contribution in [0, 0.1) is 5.82 Å². The third-order valence-corrected chi connectivity index (χ3v) is 3.83. The number of halogens is 1. The minimum absolute atomic E-state index is 0.0373. The van der Waals surface area contributed by atoms with Crippen LogP contribution >= 0.6 is 0 Å². The molecule has 0 saturated carbocycles. The quantitative estimate of drug-likeness (QED) is 0.849. The van der Waals surface area contributed by atoms with E-state index in [1.807, 2.05) is 31.1 Å². The molecule has 0 aliphatic heterocycles. The molecule has 24 heavy (non-hydrogen) atoms. The summed E-state index contributed by atoms with van der Waals surface area (Å²) in [5, 5.41) is 0. The lowest BCUT2D eigenvalue weighted by atomic mass is 10.1. The maximum atomic E-state index is 13.1.